The van der Waals surface area contributed by atoms with Crippen LogP contribution in [0.1, 0.15) is 10.6 Å². The van der Waals surface area contributed by atoms with E-state index in [9.17, 15) is 18.4 Å². The van der Waals surface area contributed by atoms with Crippen LogP contribution in [-0.4, -0.2) is 20.7 Å². The van der Waals surface area contributed by atoms with Gasteiger partial charge < -0.3 is 5.32 Å². The Bertz CT molecular complexity index is 662. The van der Waals surface area contributed by atoms with Gasteiger partial charge in [-0.1, -0.05) is 0 Å². The van der Waals surface area contributed by atoms with Crippen molar-refractivity contribution in [1.82, 2.24) is 14.8 Å². The van der Waals surface area contributed by atoms with Crippen LogP contribution in [0.15, 0.2) is 23.0 Å². The molecule has 1 heterocycles. The highest BCUT2D eigenvalue weighted by molar-refractivity contribution is 6.01. The third kappa shape index (κ3) is 2.26. The fraction of sp³-hybridized carbons (Fsp3) is 0.100. The zero-order chi connectivity index (χ0) is 13.3. The van der Waals surface area contributed by atoms with E-state index in [0.717, 1.165) is 16.8 Å². The molecule has 0 aliphatic heterocycles. The van der Waals surface area contributed by atoms with Gasteiger partial charge in [-0.05, 0) is 12.1 Å². The average molecular weight is 254 g/mol. The van der Waals surface area contributed by atoms with Crippen molar-refractivity contribution in [2.75, 3.05) is 5.32 Å². The van der Waals surface area contributed by atoms with Crippen molar-refractivity contribution < 1.29 is 13.6 Å². The molecule has 0 saturated carbocycles. The smallest absolute Gasteiger partial charge is 0.317 e. The molecule has 0 spiro atoms. The number of anilines is 1. The summed E-state index contributed by atoms with van der Waals surface area (Å²) in [5, 5.41) is 5.76. The molecule has 0 radical (unpaired) electrons. The van der Waals surface area contributed by atoms with Crippen molar-refractivity contribution in [3.8, 4) is 0 Å². The Kier molecular flexibility index (Phi) is 2.92. The van der Waals surface area contributed by atoms with Gasteiger partial charge in [-0.15, -0.1) is 5.10 Å². The van der Waals surface area contributed by atoms with Gasteiger partial charge in [0.1, 0.15) is 11.6 Å². The van der Waals surface area contributed by atoms with Gasteiger partial charge in [0.05, 0.1) is 5.69 Å². The van der Waals surface area contributed by atoms with Crippen molar-refractivity contribution >= 4 is 11.6 Å². The Morgan fingerprint density at radius 1 is 1.44 bits per heavy atom. The molecular weight excluding hydrogens is 246 g/mol. The van der Waals surface area contributed by atoms with Crippen LogP contribution < -0.4 is 11.0 Å². The zero-order valence-corrected chi connectivity index (χ0v) is 9.20. The van der Waals surface area contributed by atoms with E-state index in [1.165, 1.54) is 7.05 Å². The first-order chi connectivity index (χ1) is 8.47. The second-order valence-electron chi connectivity index (χ2n) is 3.48. The molecule has 2 rings (SSSR count). The van der Waals surface area contributed by atoms with E-state index in [1.54, 1.807) is 0 Å². The van der Waals surface area contributed by atoms with Crippen molar-refractivity contribution in [1.29, 1.82) is 0 Å². The first-order valence-corrected chi connectivity index (χ1v) is 4.87. The number of H-pyrrole nitrogens is 1. The second kappa shape index (κ2) is 4.40. The van der Waals surface area contributed by atoms with Crippen molar-refractivity contribution in [2.24, 2.45) is 7.05 Å². The number of nitrogens with one attached hydrogen (secondary N) is 2. The first kappa shape index (κ1) is 12.0. The van der Waals surface area contributed by atoms with Gasteiger partial charge in [-0.2, -0.15) is 0 Å². The SMILES string of the molecule is Cn1nc(C(=O)Nc2ccc(F)cc2F)[nH]c1=O. The number of carbonyl (C=O) groups excluding carboxylic acids is 1. The summed E-state index contributed by atoms with van der Waals surface area (Å²) in [6.45, 7) is 0. The van der Waals surface area contributed by atoms with Crippen molar-refractivity contribution in [3.05, 3.63) is 46.1 Å². The molecule has 2 N–H and O–H groups in total. The summed E-state index contributed by atoms with van der Waals surface area (Å²) in [6.07, 6.45) is 0. The van der Waals surface area contributed by atoms with Crippen LogP contribution in [0.25, 0.3) is 0 Å². The number of aryl methyl sites for hydroxylation is 1. The highest BCUT2D eigenvalue weighted by Crippen LogP contribution is 2.15. The van der Waals surface area contributed by atoms with Crippen molar-refractivity contribution in [2.45, 2.75) is 0 Å². The third-order valence-corrected chi connectivity index (χ3v) is 2.16. The summed E-state index contributed by atoms with van der Waals surface area (Å²) in [7, 11) is 1.36. The molecule has 1 aromatic carbocycles. The highest BCUT2D eigenvalue weighted by atomic mass is 19.1. The summed E-state index contributed by atoms with van der Waals surface area (Å²) < 4.78 is 26.8. The van der Waals surface area contributed by atoms with Crippen LogP contribution in [0.3, 0.4) is 0 Å². The molecule has 0 unspecified atom stereocenters. The fourth-order valence-corrected chi connectivity index (χ4v) is 1.28. The summed E-state index contributed by atoms with van der Waals surface area (Å²) in [5.41, 5.74) is -0.771. The van der Waals surface area contributed by atoms with Gasteiger partial charge in [0.15, 0.2) is 0 Å². The maximum atomic E-state index is 13.3. The molecule has 6 nitrogen and oxygen atoms in total. The predicted molar refractivity (Wildman–Crippen MR) is 58.1 cm³/mol. The highest BCUT2D eigenvalue weighted by Gasteiger charge is 2.14. The van der Waals surface area contributed by atoms with Crippen LogP contribution in [0.5, 0.6) is 0 Å². The molecule has 0 aliphatic carbocycles. The van der Waals surface area contributed by atoms with Gasteiger partial charge >= 0.3 is 5.69 Å². The number of carbonyl (C=O) groups is 1. The molecule has 0 aliphatic rings. The van der Waals surface area contributed by atoms with E-state index in [-0.39, 0.29) is 11.5 Å². The lowest BCUT2D eigenvalue weighted by Crippen LogP contribution is -2.15. The van der Waals surface area contributed by atoms with Gasteiger partial charge in [-0.3, -0.25) is 9.78 Å². The normalized spacial score (nSPS) is 10.4. The van der Waals surface area contributed by atoms with Gasteiger partial charge in [-0.25, -0.2) is 18.3 Å². The van der Waals surface area contributed by atoms with E-state index in [4.69, 9.17) is 0 Å². The molecule has 94 valence electrons. The quantitative estimate of drug-likeness (QED) is 0.825. The van der Waals surface area contributed by atoms with Crippen molar-refractivity contribution in [3.63, 3.8) is 0 Å². The topological polar surface area (TPSA) is 79.8 Å². The number of nitrogens with zero attached hydrogens (tertiary/aromatic N) is 2. The minimum Gasteiger partial charge on any atom is -0.317 e. The fourth-order valence-electron chi connectivity index (χ4n) is 1.28. The van der Waals surface area contributed by atoms with E-state index < -0.39 is 23.2 Å². The van der Waals surface area contributed by atoms with Crippen LogP contribution in [0.2, 0.25) is 0 Å². The number of amides is 1. The van der Waals surface area contributed by atoms with Crippen LogP contribution in [-0.2, 0) is 7.05 Å². The number of hydrogen-bond donors (Lipinski definition) is 2. The largest absolute Gasteiger partial charge is 0.343 e. The average Bonchev–Trinajstić information content (AvgIpc) is 2.63. The molecule has 0 fully saturated rings. The Morgan fingerprint density at radius 3 is 2.72 bits per heavy atom. The van der Waals surface area contributed by atoms with E-state index in [1.807, 2.05) is 0 Å². The maximum Gasteiger partial charge on any atom is 0.343 e. The molecule has 1 aromatic heterocycles. The second-order valence-corrected chi connectivity index (χ2v) is 3.48. The van der Waals surface area contributed by atoms with Crippen LogP contribution in [0, 0.1) is 11.6 Å². The molecule has 18 heavy (non-hydrogen) atoms. The summed E-state index contributed by atoms with van der Waals surface area (Å²) >= 11 is 0. The molecule has 1 amide bonds. The number of rotatable bonds is 2. The van der Waals surface area contributed by atoms with E-state index in [2.05, 4.69) is 15.4 Å². The minimum absolute atomic E-state index is 0.201. The lowest BCUT2D eigenvalue weighted by atomic mass is 10.3. The zero-order valence-electron chi connectivity index (χ0n) is 9.20. The number of aromatic nitrogens is 3. The standard InChI is InChI=1S/C10H8F2N4O2/c1-16-10(18)14-8(15-16)9(17)13-7-3-2-5(11)4-6(7)12/h2-4H,1H3,(H,13,17)(H,14,15,18). The van der Waals surface area contributed by atoms with Crippen LogP contribution in [0.4, 0.5) is 14.5 Å². The Morgan fingerprint density at radius 2 is 2.17 bits per heavy atom. The number of aromatic amines is 1. The molecule has 0 saturated heterocycles. The van der Waals surface area contributed by atoms with Gasteiger partial charge in [0, 0.05) is 13.1 Å². The number of hydrogen-bond acceptors (Lipinski definition) is 3. The molecule has 0 atom stereocenters. The van der Waals surface area contributed by atoms with Gasteiger partial charge in [0.25, 0.3) is 5.91 Å². The maximum absolute atomic E-state index is 13.3. The summed E-state index contributed by atoms with van der Waals surface area (Å²) in [4.78, 5) is 24.8. The Labute approximate surface area is 99.2 Å². The predicted octanol–water partition coefficient (Wildman–Crippen LogP) is 0.639. The Hall–Kier alpha value is -2.51. The van der Waals surface area contributed by atoms with Gasteiger partial charge in [0.2, 0.25) is 5.82 Å². The first-order valence-electron chi connectivity index (χ1n) is 4.87. The molecule has 0 bridgehead atoms. The third-order valence-electron chi connectivity index (χ3n) is 2.16. The summed E-state index contributed by atoms with van der Waals surface area (Å²) in [5.74, 6) is -2.72. The lowest BCUT2D eigenvalue weighted by molar-refractivity contribution is 0.101. The lowest BCUT2D eigenvalue weighted by Gasteiger charge is -2.03. The molecule has 2 aromatic rings. The summed E-state index contributed by atoms with van der Waals surface area (Å²) in [6, 6.07) is 2.71. The molecular formula is C10H8F2N4O2. The van der Waals surface area contributed by atoms with E-state index in [0.29, 0.717) is 6.07 Å². The monoisotopic (exact) mass is 254 g/mol. The van der Waals surface area contributed by atoms with Crippen LogP contribution >= 0.6 is 0 Å². The minimum atomic E-state index is -0.915. The number of halogens is 2. The Balaban J connectivity index is 2.23. The molecule has 8 heteroatoms. The number of benzene rings is 1. The van der Waals surface area contributed by atoms with E-state index >= 15 is 0 Å².